The SMILES string of the molecule is COc1cc(O)ccc1-c1nnc(-c2ccc(-c3nnc(-c4cccc(O)c4)s3)cc2)o1. The van der Waals surface area contributed by atoms with Gasteiger partial charge in [0, 0.05) is 22.8 Å². The second kappa shape index (κ2) is 8.12. The zero-order valence-electron chi connectivity index (χ0n) is 16.8. The van der Waals surface area contributed by atoms with Crippen LogP contribution in [0.4, 0.5) is 0 Å². The van der Waals surface area contributed by atoms with Crippen LogP contribution in [0.1, 0.15) is 0 Å². The van der Waals surface area contributed by atoms with Gasteiger partial charge in [-0.3, -0.25) is 0 Å². The molecule has 0 bridgehead atoms. The predicted molar refractivity (Wildman–Crippen MR) is 119 cm³/mol. The van der Waals surface area contributed by atoms with E-state index in [9.17, 15) is 10.2 Å². The van der Waals surface area contributed by atoms with E-state index < -0.39 is 0 Å². The van der Waals surface area contributed by atoms with Crippen molar-refractivity contribution < 1.29 is 19.4 Å². The molecule has 5 aromatic rings. The number of methoxy groups -OCH3 is 1. The second-order valence-corrected chi connectivity index (χ2v) is 7.81. The van der Waals surface area contributed by atoms with E-state index in [4.69, 9.17) is 9.15 Å². The summed E-state index contributed by atoms with van der Waals surface area (Å²) in [6.45, 7) is 0. The number of phenolic OH excluding ortho intramolecular Hbond substituents is 2. The van der Waals surface area contributed by atoms with Crippen molar-refractivity contribution in [2.75, 3.05) is 7.11 Å². The molecule has 158 valence electrons. The van der Waals surface area contributed by atoms with E-state index in [1.165, 1.54) is 30.6 Å². The van der Waals surface area contributed by atoms with Crippen LogP contribution in [0.2, 0.25) is 0 Å². The third-order valence-corrected chi connectivity index (χ3v) is 5.76. The maximum Gasteiger partial charge on any atom is 0.251 e. The van der Waals surface area contributed by atoms with Gasteiger partial charge in [-0.05, 0) is 36.4 Å². The zero-order chi connectivity index (χ0) is 22.1. The van der Waals surface area contributed by atoms with Crippen LogP contribution >= 0.6 is 11.3 Å². The molecule has 9 heteroatoms. The molecule has 0 unspecified atom stereocenters. The molecule has 2 aromatic heterocycles. The molecule has 32 heavy (non-hydrogen) atoms. The van der Waals surface area contributed by atoms with Gasteiger partial charge in [0.05, 0.1) is 12.7 Å². The molecular formula is C23H16N4O4S. The van der Waals surface area contributed by atoms with E-state index >= 15 is 0 Å². The molecule has 0 amide bonds. The number of phenols is 2. The van der Waals surface area contributed by atoms with E-state index in [1.54, 1.807) is 24.3 Å². The molecule has 0 spiro atoms. The fourth-order valence-corrected chi connectivity index (χ4v) is 4.00. The zero-order valence-corrected chi connectivity index (χ0v) is 17.6. The molecule has 8 nitrogen and oxygen atoms in total. The summed E-state index contributed by atoms with van der Waals surface area (Å²) in [5.74, 6) is 1.37. The first-order valence-corrected chi connectivity index (χ1v) is 10.4. The molecule has 0 radical (unpaired) electrons. The Hall–Kier alpha value is -4.24. The normalized spacial score (nSPS) is 10.9. The number of benzene rings is 3. The molecule has 3 aromatic carbocycles. The lowest BCUT2D eigenvalue weighted by atomic mass is 10.1. The van der Waals surface area contributed by atoms with Gasteiger partial charge < -0.3 is 19.4 Å². The Morgan fingerprint density at radius 1 is 0.719 bits per heavy atom. The number of hydrogen-bond acceptors (Lipinski definition) is 9. The smallest absolute Gasteiger partial charge is 0.251 e. The molecule has 0 aliphatic rings. The first kappa shape index (κ1) is 19.7. The number of rotatable bonds is 5. The van der Waals surface area contributed by atoms with Gasteiger partial charge in [0.15, 0.2) is 0 Å². The summed E-state index contributed by atoms with van der Waals surface area (Å²) in [5, 5.41) is 37.5. The molecular weight excluding hydrogens is 428 g/mol. The van der Waals surface area contributed by atoms with Crippen molar-refractivity contribution in [3.63, 3.8) is 0 Å². The van der Waals surface area contributed by atoms with Crippen LogP contribution in [0, 0.1) is 0 Å². The maximum atomic E-state index is 9.67. The van der Waals surface area contributed by atoms with Crippen LogP contribution in [-0.2, 0) is 0 Å². The van der Waals surface area contributed by atoms with Crippen LogP contribution in [0.3, 0.4) is 0 Å². The van der Waals surface area contributed by atoms with Gasteiger partial charge in [-0.1, -0.05) is 35.6 Å². The Balaban J connectivity index is 1.39. The number of hydrogen-bond donors (Lipinski definition) is 2. The van der Waals surface area contributed by atoms with Crippen LogP contribution in [0.25, 0.3) is 44.1 Å². The minimum Gasteiger partial charge on any atom is -0.508 e. The number of aromatic hydroxyl groups is 2. The average molecular weight is 444 g/mol. The Morgan fingerprint density at radius 3 is 2.16 bits per heavy atom. The molecule has 5 rings (SSSR count). The number of aromatic nitrogens is 4. The molecule has 2 heterocycles. The molecule has 0 aliphatic heterocycles. The van der Waals surface area contributed by atoms with Crippen molar-refractivity contribution in [1.29, 1.82) is 0 Å². The summed E-state index contributed by atoms with van der Waals surface area (Å²) in [5.41, 5.74) is 3.06. The van der Waals surface area contributed by atoms with Crippen molar-refractivity contribution in [3.8, 4) is 61.3 Å². The van der Waals surface area contributed by atoms with Crippen molar-refractivity contribution in [1.82, 2.24) is 20.4 Å². The third-order valence-electron chi connectivity index (χ3n) is 4.74. The minimum absolute atomic E-state index is 0.0878. The summed E-state index contributed by atoms with van der Waals surface area (Å²) in [6.07, 6.45) is 0. The first-order chi connectivity index (χ1) is 15.6. The summed E-state index contributed by atoms with van der Waals surface area (Å²) >= 11 is 1.44. The lowest BCUT2D eigenvalue weighted by molar-refractivity contribution is 0.407. The Labute approximate surface area is 186 Å². The number of ether oxygens (including phenoxy) is 1. The van der Waals surface area contributed by atoms with Crippen LogP contribution in [0.5, 0.6) is 17.2 Å². The highest BCUT2D eigenvalue weighted by molar-refractivity contribution is 7.17. The Kier molecular flexibility index (Phi) is 5.00. The molecule has 2 N–H and O–H groups in total. The van der Waals surface area contributed by atoms with Gasteiger partial charge in [0.2, 0.25) is 5.89 Å². The molecule has 0 aliphatic carbocycles. The monoisotopic (exact) mass is 444 g/mol. The van der Waals surface area contributed by atoms with Crippen LogP contribution in [-0.4, -0.2) is 37.7 Å². The first-order valence-electron chi connectivity index (χ1n) is 9.55. The average Bonchev–Trinajstić information content (AvgIpc) is 3.50. The fourth-order valence-electron chi connectivity index (χ4n) is 3.16. The van der Waals surface area contributed by atoms with E-state index in [2.05, 4.69) is 20.4 Å². The fraction of sp³-hybridized carbons (Fsp3) is 0.0435. The summed E-state index contributed by atoms with van der Waals surface area (Å²) in [4.78, 5) is 0. The van der Waals surface area contributed by atoms with Gasteiger partial charge in [-0.15, -0.1) is 20.4 Å². The lowest BCUT2D eigenvalue weighted by Crippen LogP contribution is -1.87. The predicted octanol–water partition coefficient (Wildman–Crippen LogP) is 5.01. The quantitative estimate of drug-likeness (QED) is 0.389. The van der Waals surface area contributed by atoms with Gasteiger partial charge in [-0.25, -0.2) is 0 Å². The van der Waals surface area contributed by atoms with Crippen molar-refractivity contribution in [2.45, 2.75) is 0 Å². The van der Waals surface area contributed by atoms with Crippen molar-refractivity contribution in [2.24, 2.45) is 0 Å². The second-order valence-electron chi connectivity index (χ2n) is 6.84. The highest BCUT2D eigenvalue weighted by Gasteiger charge is 2.16. The van der Waals surface area contributed by atoms with E-state index in [1.807, 2.05) is 30.3 Å². The highest BCUT2D eigenvalue weighted by Crippen LogP contribution is 2.35. The number of nitrogens with zero attached hydrogens (tertiary/aromatic N) is 4. The lowest BCUT2D eigenvalue weighted by Gasteiger charge is -2.04. The molecule has 0 saturated heterocycles. The topological polar surface area (TPSA) is 114 Å². The van der Waals surface area contributed by atoms with Gasteiger partial charge in [0.25, 0.3) is 5.89 Å². The van der Waals surface area contributed by atoms with Gasteiger partial charge >= 0.3 is 0 Å². The Bertz CT molecular complexity index is 1400. The standard InChI is InChI=1S/C23H16N4O4S/c1-30-19-12-17(29)9-10-18(19)21-25-24-20(31-21)13-5-7-14(8-6-13)22-26-27-23(32-22)15-3-2-4-16(28)11-15/h2-12,28-29H,1H3. The molecule has 0 saturated carbocycles. The summed E-state index contributed by atoms with van der Waals surface area (Å²) in [7, 11) is 1.51. The molecule has 0 fully saturated rings. The third kappa shape index (κ3) is 3.77. The Morgan fingerprint density at radius 2 is 1.41 bits per heavy atom. The van der Waals surface area contributed by atoms with Crippen LogP contribution in [0.15, 0.2) is 71.1 Å². The van der Waals surface area contributed by atoms with Crippen molar-refractivity contribution >= 4 is 11.3 Å². The van der Waals surface area contributed by atoms with Crippen molar-refractivity contribution in [3.05, 3.63) is 66.7 Å². The van der Waals surface area contributed by atoms with E-state index in [-0.39, 0.29) is 11.5 Å². The van der Waals surface area contributed by atoms with Gasteiger partial charge in [-0.2, -0.15) is 0 Å². The minimum atomic E-state index is 0.0878. The van der Waals surface area contributed by atoms with E-state index in [0.29, 0.717) is 23.1 Å². The summed E-state index contributed by atoms with van der Waals surface area (Å²) in [6, 6.07) is 19.2. The largest absolute Gasteiger partial charge is 0.508 e. The summed E-state index contributed by atoms with van der Waals surface area (Å²) < 4.78 is 11.1. The molecule has 0 atom stereocenters. The van der Waals surface area contributed by atoms with Crippen LogP contribution < -0.4 is 4.74 Å². The highest BCUT2D eigenvalue weighted by atomic mass is 32.1. The van der Waals surface area contributed by atoms with E-state index in [0.717, 1.165) is 26.7 Å². The maximum absolute atomic E-state index is 9.67. The van der Waals surface area contributed by atoms with Gasteiger partial charge in [0.1, 0.15) is 27.3 Å².